The molecule has 1 aliphatic rings. The number of nitrogens with two attached hydrogens (primary N) is 1. The molecule has 0 heterocycles. The fourth-order valence-electron chi connectivity index (χ4n) is 3.90. The second kappa shape index (κ2) is 9.38. The molecule has 164 valence electrons. The number of hydrogen-bond donors (Lipinski definition) is 2. The van der Waals surface area contributed by atoms with E-state index in [4.69, 9.17) is 9.88 Å². The Labute approximate surface area is 187 Å². The zero-order valence-electron chi connectivity index (χ0n) is 17.4. The lowest BCUT2D eigenvalue weighted by molar-refractivity contribution is 0.143. The van der Waals surface area contributed by atoms with E-state index in [1.807, 2.05) is 36.4 Å². The first kappa shape index (κ1) is 21.8. The van der Waals surface area contributed by atoms with Crippen molar-refractivity contribution in [3.05, 3.63) is 95.6 Å². The van der Waals surface area contributed by atoms with E-state index < -0.39 is 16.1 Å². The van der Waals surface area contributed by atoms with Gasteiger partial charge in [-0.15, -0.1) is 0 Å². The van der Waals surface area contributed by atoms with Crippen LogP contribution in [0.15, 0.2) is 83.8 Å². The van der Waals surface area contributed by atoms with E-state index in [2.05, 4.69) is 29.6 Å². The summed E-state index contributed by atoms with van der Waals surface area (Å²) in [7, 11) is -3.69. The summed E-state index contributed by atoms with van der Waals surface area (Å²) in [6.07, 6.45) is 3.92. The number of alkyl carbamates (subject to hydrolysis) is 1. The van der Waals surface area contributed by atoms with Gasteiger partial charge in [0.15, 0.2) is 0 Å². The van der Waals surface area contributed by atoms with Crippen molar-refractivity contribution in [2.45, 2.75) is 17.2 Å². The molecular weight excluding hydrogens is 424 g/mol. The Morgan fingerprint density at radius 2 is 1.53 bits per heavy atom. The van der Waals surface area contributed by atoms with Crippen LogP contribution in [-0.4, -0.2) is 27.7 Å². The van der Waals surface area contributed by atoms with Crippen LogP contribution >= 0.6 is 0 Å². The molecule has 0 bridgehead atoms. The smallest absolute Gasteiger partial charge is 0.407 e. The first-order valence-electron chi connectivity index (χ1n) is 10.3. The second-order valence-corrected chi connectivity index (χ2v) is 9.12. The zero-order valence-corrected chi connectivity index (χ0v) is 18.2. The quantitative estimate of drug-likeness (QED) is 0.527. The summed E-state index contributed by atoms with van der Waals surface area (Å²) in [5.41, 5.74) is 5.59. The minimum Gasteiger partial charge on any atom is -0.449 e. The molecular formula is C25H24N2O4S. The van der Waals surface area contributed by atoms with Crippen LogP contribution in [0.5, 0.6) is 0 Å². The topological polar surface area (TPSA) is 98.5 Å². The maximum Gasteiger partial charge on any atom is 0.407 e. The molecule has 3 aromatic rings. The van der Waals surface area contributed by atoms with E-state index in [0.717, 1.165) is 5.56 Å². The Balaban J connectivity index is 1.25. The van der Waals surface area contributed by atoms with Crippen LogP contribution < -0.4 is 10.5 Å². The lowest BCUT2D eigenvalue weighted by Crippen LogP contribution is -2.26. The molecule has 0 aliphatic heterocycles. The minimum atomic E-state index is -3.69. The van der Waals surface area contributed by atoms with Crippen molar-refractivity contribution in [3.63, 3.8) is 0 Å². The Bertz CT molecular complexity index is 1210. The Morgan fingerprint density at radius 3 is 2.12 bits per heavy atom. The first-order valence-corrected chi connectivity index (χ1v) is 11.9. The number of amides is 1. The highest BCUT2D eigenvalue weighted by Gasteiger charge is 2.28. The maximum atomic E-state index is 12.2. The third-order valence-corrected chi connectivity index (χ3v) is 6.37. The van der Waals surface area contributed by atoms with Crippen molar-refractivity contribution in [1.82, 2.24) is 5.32 Å². The largest absolute Gasteiger partial charge is 0.449 e. The number of rotatable bonds is 7. The maximum absolute atomic E-state index is 12.2. The summed E-state index contributed by atoms with van der Waals surface area (Å²) in [6, 6.07) is 22.7. The van der Waals surface area contributed by atoms with E-state index in [1.165, 1.54) is 34.4 Å². The summed E-state index contributed by atoms with van der Waals surface area (Å²) >= 11 is 0. The number of hydrogen-bond acceptors (Lipinski definition) is 4. The number of primary sulfonamides is 1. The average molecular weight is 449 g/mol. The number of ether oxygens (including phenoxy) is 1. The molecule has 3 aromatic carbocycles. The van der Waals surface area contributed by atoms with Gasteiger partial charge in [-0.25, -0.2) is 18.4 Å². The van der Waals surface area contributed by atoms with Crippen molar-refractivity contribution in [1.29, 1.82) is 0 Å². The number of fused-ring (bicyclic) bond motifs is 3. The van der Waals surface area contributed by atoms with E-state index >= 15 is 0 Å². The molecule has 1 amide bonds. The molecule has 4 rings (SSSR count). The van der Waals surface area contributed by atoms with Gasteiger partial charge in [0.05, 0.1) is 4.90 Å². The zero-order chi connectivity index (χ0) is 22.6. The summed E-state index contributed by atoms with van der Waals surface area (Å²) in [6.45, 7) is 0.717. The Kier molecular flexibility index (Phi) is 6.39. The fraction of sp³-hybridized carbons (Fsp3) is 0.160. The normalized spacial score (nSPS) is 13.0. The number of carbonyl (C=O) groups excluding carboxylic acids is 1. The SMILES string of the molecule is NS(=O)(=O)c1ccc(C=CCCNC(=O)OCC2c3ccccc3-c3ccccc32)cc1. The van der Waals surface area contributed by atoms with Gasteiger partial charge in [0.25, 0.3) is 0 Å². The first-order chi connectivity index (χ1) is 15.4. The molecule has 0 saturated heterocycles. The standard InChI is InChI=1S/C25H24N2O4S/c26-32(29,30)19-14-12-18(13-15-19)7-5-6-16-27-25(28)31-17-24-22-10-3-1-8-20(22)21-9-2-4-11-23(21)24/h1-5,7-15,24H,6,16-17H2,(H,27,28)(H2,26,29,30). The molecule has 32 heavy (non-hydrogen) atoms. The van der Waals surface area contributed by atoms with Gasteiger partial charge in [-0.2, -0.15) is 0 Å². The number of benzene rings is 3. The van der Waals surface area contributed by atoms with Gasteiger partial charge >= 0.3 is 6.09 Å². The van der Waals surface area contributed by atoms with Gasteiger partial charge in [0.2, 0.25) is 10.0 Å². The fourth-order valence-corrected chi connectivity index (χ4v) is 4.41. The summed E-state index contributed by atoms with van der Waals surface area (Å²) in [5.74, 6) is 0.0355. The van der Waals surface area contributed by atoms with Crippen LogP contribution in [0.1, 0.15) is 29.0 Å². The average Bonchev–Trinajstić information content (AvgIpc) is 3.11. The molecule has 0 radical (unpaired) electrons. The Hall–Kier alpha value is -3.42. The molecule has 3 N–H and O–H groups in total. The number of carbonyl (C=O) groups is 1. The van der Waals surface area contributed by atoms with Crippen LogP contribution in [0.3, 0.4) is 0 Å². The highest BCUT2D eigenvalue weighted by Crippen LogP contribution is 2.44. The molecule has 7 heteroatoms. The van der Waals surface area contributed by atoms with Gasteiger partial charge < -0.3 is 10.1 Å². The van der Waals surface area contributed by atoms with E-state index in [9.17, 15) is 13.2 Å². The molecule has 6 nitrogen and oxygen atoms in total. The molecule has 0 saturated carbocycles. The van der Waals surface area contributed by atoms with Gasteiger partial charge in [-0.3, -0.25) is 0 Å². The van der Waals surface area contributed by atoms with Gasteiger partial charge in [-0.05, 0) is 46.4 Å². The predicted octanol–water partition coefficient (Wildman–Crippen LogP) is 4.28. The third kappa shape index (κ3) is 4.90. The van der Waals surface area contributed by atoms with Crippen molar-refractivity contribution < 1.29 is 17.9 Å². The highest BCUT2D eigenvalue weighted by atomic mass is 32.2. The van der Waals surface area contributed by atoms with E-state index in [-0.39, 0.29) is 17.4 Å². The van der Waals surface area contributed by atoms with Gasteiger partial charge in [-0.1, -0.05) is 72.8 Å². The summed E-state index contributed by atoms with van der Waals surface area (Å²) in [5, 5.41) is 7.85. The van der Waals surface area contributed by atoms with Crippen LogP contribution in [0.25, 0.3) is 17.2 Å². The highest BCUT2D eigenvalue weighted by molar-refractivity contribution is 7.89. The second-order valence-electron chi connectivity index (χ2n) is 7.56. The molecule has 1 aliphatic carbocycles. The Morgan fingerprint density at radius 1 is 0.938 bits per heavy atom. The van der Waals surface area contributed by atoms with Crippen LogP contribution in [0.2, 0.25) is 0 Å². The van der Waals surface area contributed by atoms with Crippen LogP contribution in [0.4, 0.5) is 4.79 Å². The minimum absolute atomic E-state index is 0.0355. The summed E-state index contributed by atoms with van der Waals surface area (Å²) in [4.78, 5) is 12.2. The molecule has 0 fully saturated rings. The van der Waals surface area contributed by atoms with Crippen molar-refractivity contribution in [2.24, 2.45) is 5.14 Å². The molecule has 0 spiro atoms. The van der Waals surface area contributed by atoms with Gasteiger partial charge in [0.1, 0.15) is 6.61 Å². The molecule has 0 aromatic heterocycles. The van der Waals surface area contributed by atoms with E-state index in [0.29, 0.717) is 13.0 Å². The van der Waals surface area contributed by atoms with Crippen molar-refractivity contribution >= 4 is 22.2 Å². The number of sulfonamides is 1. The van der Waals surface area contributed by atoms with E-state index in [1.54, 1.807) is 12.1 Å². The molecule has 0 unspecified atom stereocenters. The number of nitrogens with one attached hydrogen (secondary N) is 1. The summed E-state index contributed by atoms with van der Waals surface area (Å²) < 4.78 is 28.1. The predicted molar refractivity (Wildman–Crippen MR) is 125 cm³/mol. The lowest BCUT2D eigenvalue weighted by Gasteiger charge is -2.14. The monoisotopic (exact) mass is 448 g/mol. The van der Waals surface area contributed by atoms with Gasteiger partial charge in [0, 0.05) is 12.5 Å². The molecule has 0 atom stereocenters. The van der Waals surface area contributed by atoms with Crippen molar-refractivity contribution in [2.75, 3.05) is 13.2 Å². The third-order valence-electron chi connectivity index (χ3n) is 5.44. The van der Waals surface area contributed by atoms with Crippen LogP contribution in [0, 0.1) is 0 Å². The lowest BCUT2D eigenvalue weighted by atomic mass is 9.98. The van der Waals surface area contributed by atoms with Crippen molar-refractivity contribution in [3.8, 4) is 11.1 Å². The van der Waals surface area contributed by atoms with Crippen LogP contribution in [-0.2, 0) is 14.8 Å².